The van der Waals surface area contributed by atoms with E-state index in [-0.39, 0.29) is 4.59 Å². The number of nitrogens with zero attached hydrogens (tertiary/aromatic N) is 4. The fourth-order valence-electron chi connectivity index (χ4n) is 2.34. The average Bonchev–Trinajstić information content (AvgIpc) is 2.77. The number of amidine groups is 1. The van der Waals surface area contributed by atoms with Crippen molar-refractivity contribution in [3.8, 4) is 11.8 Å². The molecule has 2 aliphatic heterocycles. The third-order valence-electron chi connectivity index (χ3n) is 3.59. The Labute approximate surface area is 127 Å². The van der Waals surface area contributed by atoms with E-state index in [0.717, 1.165) is 17.0 Å². The van der Waals surface area contributed by atoms with Gasteiger partial charge >= 0.3 is 5.84 Å². The Morgan fingerprint density at radius 2 is 2.09 bits per heavy atom. The van der Waals surface area contributed by atoms with Crippen molar-refractivity contribution in [1.82, 2.24) is 4.98 Å². The first-order valence-corrected chi connectivity index (χ1v) is 6.81. The van der Waals surface area contributed by atoms with E-state index in [9.17, 15) is 0 Å². The van der Waals surface area contributed by atoms with E-state index < -0.39 is 0 Å². The van der Waals surface area contributed by atoms with Crippen molar-refractivity contribution >= 4 is 12.1 Å². The molecule has 104 valence electrons. The van der Waals surface area contributed by atoms with Crippen LogP contribution in [0, 0.1) is 11.8 Å². The topological polar surface area (TPSA) is 63.6 Å². The van der Waals surface area contributed by atoms with E-state index in [2.05, 4.69) is 26.8 Å². The highest BCUT2D eigenvalue weighted by molar-refractivity contribution is 6.01. The number of fused-ring (bicyclic) bond motifs is 1. The van der Waals surface area contributed by atoms with Crippen LogP contribution in [0.3, 0.4) is 0 Å². The highest BCUT2D eigenvalue weighted by Gasteiger charge is 2.43. The van der Waals surface area contributed by atoms with Gasteiger partial charge in [0.05, 0.1) is 12.4 Å². The molecule has 0 aromatic carbocycles. The van der Waals surface area contributed by atoms with E-state index in [1.165, 1.54) is 0 Å². The molecule has 0 saturated carbocycles. The largest absolute Gasteiger partial charge is 0.311 e. The van der Waals surface area contributed by atoms with Crippen LogP contribution in [-0.2, 0) is 0 Å². The number of rotatable bonds is 1. The van der Waals surface area contributed by atoms with Crippen LogP contribution in [0.2, 0.25) is 0 Å². The molecule has 0 fully saturated rings. The van der Waals surface area contributed by atoms with Gasteiger partial charge in [-0.1, -0.05) is 24.3 Å². The molecule has 1 unspecified atom stereocenters. The fraction of sp³-hybridized carbons (Fsp3) is 0. The van der Waals surface area contributed by atoms with Crippen LogP contribution in [-0.4, -0.2) is 21.6 Å². The zero-order valence-corrected chi connectivity index (χ0v) is 11.6. The molecule has 4 rings (SSSR count). The number of aromatic nitrogens is 1. The summed E-state index contributed by atoms with van der Waals surface area (Å²) in [6.45, 7) is 0. The first-order chi connectivity index (χ1) is 10.8. The van der Waals surface area contributed by atoms with Gasteiger partial charge in [0.15, 0.2) is 0 Å². The number of aliphatic imine (C=N–C) groups is 2. The van der Waals surface area contributed by atoms with Gasteiger partial charge in [-0.15, -0.1) is 4.59 Å². The molecule has 1 atom stereocenters. The first kappa shape index (κ1) is 12.7. The summed E-state index contributed by atoms with van der Waals surface area (Å²) in [5.41, 5.74) is 3.37. The van der Waals surface area contributed by atoms with Crippen LogP contribution in [0.4, 0.5) is 0 Å². The second-order valence-electron chi connectivity index (χ2n) is 4.97. The zero-order chi connectivity index (χ0) is 15.0. The highest BCUT2D eigenvalue weighted by atomic mass is 15.6. The molecule has 1 aliphatic carbocycles. The second-order valence-corrected chi connectivity index (χ2v) is 4.97. The Bertz CT molecular complexity index is 888. The summed E-state index contributed by atoms with van der Waals surface area (Å²) in [6.07, 6.45) is 12.8. The summed E-state index contributed by atoms with van der Waals surface area (Å²) < 4.78 is -0.0517. The number of hydrogen-bond donors (Lipinski definition) is 1. The van der Waals surface area contributed by atoms with E-state index in [1.54, 1.807) is 24.8 Å². The molecule has 0 amide bonds. The molecule has 1 aromatic heterocycles. The smallest absolute Gasteiger partial charge is 0.253 e. The van der Waals surface area contributed by atoms with Crippen LogP contribution in [0.25, 0.3) is 0 Å². The molecule has 0 bridgehead atoms. The monoisotopic (exact) mass is 286 g/mol. The van der Waals surface area contributed by atoms with Gasteiger partial charge in [-0.25, -0.2) is 4.98 Å². The summed E-state index contributed by atoms with van der Waals surface area (Å²) in [5, 5.41) is 0. The quantitative estimate of drug-likeness (QED) is 0.486. The minimum Gasteiger partial charge on any atom is -0.253 e. The Morgan fingerprint density at radius 1 is 1.18 bits per heavy atom. The lowest BCUT2D eigenvalue weighted by molar-refractivity contribution is -0.749. The summed E-state index contributed by atoms with van der Waals surface area (Å²) >= 11 is 0. The van der Waals surface area contributed by atoms with Crippen molar-refractivity contribution in [2.75, 3.05) is 0 Å². The summed E-state index contributed by atoms with van der Waals surface area (Å²) in [5.74, 6) is 13.1. The SMILES string of the molecule is N[N+]12C=CN=CC1=C(C1=CC=C1)N=C2C#Cc1ccccn1. The molecule has 22 heavy (non-hydrogen) atoms. The standard InChI is InChI=1S/C17H12N5/c18-22-11-10-19-12-15(22)17(13-4-3-5-13)21-16(22)8-7-14-6-1-2-9-20-14/h1-6,9-12H,18H2/q+1. The van der Waals surface area contributed by atoms with Crippen LogP contribution >= 0.6 is 0 Å². The van der Waals surface area contributed by atoms with Gasteiger partial charge in [0, 0.05) is 17.7 Å². The maximum Gasteiger partial charge on any atom is 0.311 e. The van der Waals surface area contributed by atoms with Crippen molar-refractivity contribution in [2.45, 2.75) is 0 Å². The van der Waals surface area contributed by atoms with E-state index in [4.69, 9.17) is 5.84 Å². The summed E-state index contributed by atoms with van der Waals surface area (Å²) in [7, 11) is 0. The molecule has 0 spiro atoms. The molecule has 0 radical (unpaired) electrons. The van der Waals surface area contributed by atoms with Gasteiger partial charge in [-0.3, -0.25) is 4.99 Å². The molecular weight excluding hydrogens is 274 g/mol. The molecule has 3 aliphatic rings. The van der Waals surface area contributed by atoms with Crippen molar-refractivity contribution in [3.63, 3.8) is 0 Å². The number of pyridine rings is 1. The predicted octanol–water partition coefficient (Wildman–Crippen LogP) is 1.80. The van der Waals surface area contributed by atoms with E-state index in [0.29, 0.717) is 11.5 Å². The van der Waals surface area contributed by atoms with Gasteiger partial charge in [0.1, 0.15) is 17.6 Å². The number of allylic oxidation sites excluding steroid dienone is 4. The van der Waals surface area contributed by atoms with Gasteiger partial charge in [-0.05, 0) is 18.1 Å². The predicted molar refractivity (Wildman–Crippen MR) is 84.9 cm³/mol. The molecular formula is C17H12N5+. The third-order valence-corrected chi connectivity index (χ3v) is 3.59. The van der Waals surface area contributed by atoms with Gasteiger partial charge < -0.3 is 0 Å². The zero-order valence-electron chi connectivity index (χ0n) is 11.6. The first-order valence-electron chi connectivity index (χ1n) is 6.81. The Morgan fingerprint density at radius 3 is 2.82 bits per heavy atom. The average molecular weight is 286 g/mol. The minimum atomic E-state index is -0.0517. The lowest BCUT2D eigenvalue weighted by Gasteiger charge is -2.23. The lowest BCUT2D eigenvalue weighted by Crippen LogP contribution is -2.52. The van der Waals surface area contributed by atoms with Crippen LogP contribution < -0.4 is 5.84 Å². The van der Waals surface area contributed by atoms with E-state index >= 15 is 0 Å². The maximum atomic E-state index is 6.48. The Balaban J connectivity index is 1.77. The molecule has 5 heteroatoms. The van der Waals surface area contributed by atoms with Crippen molar-refractivity contribution in [1.29, 1.82) is 0 Å². The molecule has 2 N–H and O–H groups in total. The Kier molecular flexibility index (Phi) is 2.73. The third kappa shape index (κ3) is 1.87. The Hall–Kier alpha value is -3.07. The number of quaternary nitrogens is 1. The second kappa shape index (κ2) is 4.74. The maximum absolute atomic E-state index is 6.48. The molecule has 5 nitrogen and oxygen atoms in total. The fourth-order valence-corrected chi connectivity index (χ4v) is 2.34. The lowest BCUT2D eigenvalue weighted by atomic mass is 10.0. The van der Waals surface area contributed by atoms with Crippen LogP contribution in [0.5, 0.6) is 0 Å². The summed E-state index contributed by atoms with van der Waals surface area (Å²) in [4.78, 5) is 13.0. The van der Waals surface area contributed by atoms with Crippen LogP contribution in [0.1, 0.15) is 5.69 Å². The molecule has 0 saturated heterocycles. The molecule has 3 heterocycles. The van der Waals surface area contributed by atoms with Crippen molar-refractivity contribution in [2.24, 2.45) is 15.8 Å². The number of hydrogen-bond acceptors (Lipinski definition) is 4. The van der Waals surface area contributed by atoms with E-state index in [1.807, 2.05) is 36.4 Å². The highest BCUT2D eigenvalue weighted by Crippen LogP contribution is 2.33. The number of nitrogens with two attached hydrogens (primary N) is 1. The van der Waals surface area contributed by atoms with Gasteiger partial charge in [0.25, 0.3) is 0 Å². The normalized spacial score (nSPS) is 24.2. The van der Waals surface area contributed by atoms with Crippen LogP contribution in [0.15, 0.2) is 82.0 Å². The van der Waals surface area contributed by atoms with Gasteiger partial charge in [-0.2, -0.15) is 10.8 Å². The van der Waals surface area contributed by atoms with Crippen molar-refractivity contribution in [3.05, 3.63) is 77.7 Å². The van der Waals surface area contributed by atoms with Gasteiger partial charge in [0.2, 0.25) is 5.70 Å². The summed E-state index contributed by atoms with van der Waals surface area (Å²) in [6, 6.07) is 5.60. The van der Waals surface area contributed by atoms with Crippen molar-refractivity contribution < 1.29 is 4.59 Å². The molecule has 1 aromatic rings. The minimum absolute atomic E-state index is 0.0517.